The normalized spacial score (nSPS) is 20.6. The molecule has 0 spiro atoms. The first kappa shape index (κ1) is 17.5. The Morgan fingerprint density at radius 2 is 2.00 bits per heavy atom. The van der Waals surface area contributed by atoms with Gasteiger partial charge >= 0.3 is 5.97 Å². The van der Waals surface area contributed by atoms with Crippen LogP contribution in [0.15, 0.2) is 0 Å². The van der Waals surface area contributed by atoms with Crippen molar-refractivity contribution in [2.45, 2.75) is 50.9 Å². The Kier molecular flexibility index (Phi) is 5.38. The number of carboxylic acids is 1. The van der Waals surface area contributed by atoms with E-state index in [-0.39, 0.29) is 24.0 Å². The van der Waals surface area contributed by atoms with E-state index in [0.717, 1.165) is 11.8 Å². The molecule has 7 nitrogen and oxygen atoms in total. The molecule has 1 fully saturated rings. The van der Waals surface area contributed by atoms with Crippen molar-refractivity contribution >= 4 is 35.5 Å². The second kappa shape index (κ2) is 6.46. The molecule has 21 heavy (non-hydrogen) atoms. The second-order valence-electron chi connectivity index (χ2n) is 5.86. The molecule has 1 saturated heterocycles. The average molecular weight is 316 g/mol. The summed E-state index contributed by atoms with van der Waals surface area (Å²) in [5.74, 6) is -2.13. The molecule has 1 heterocycles. The summed E-state index contributed by atoms with van der Waals surface area (Å²) in [6.45, 7) is 6.54. The van der Waals surface area contributed by atoms with Gasteiger partial charge in [0.25, 0.3) is 0 Å². The maximum atomic E-state index is 12.2. The predicted molar refractivity (Wildman–Crippen MR) is 77.7 cm³/mol. The Bertz CT molecular complexity index is 472. The minimum atomic E-state index is -1.16. The van der Waals surface area contributed by atoms with E-state index in [2.05, 4.69) is 5.32 Å². The van der Waals surface area contributed by atoms with Crippen LogP contribution >= 0.6 is 11.8 Å². The van der Waals surface area contributed by atoms with Crippen molar-refractivity contribution in [3.63, 3.8) is 0 Å². The summed E-state index contributed by atoms with van der Waals surface area (Å²) in [6, 6.07) is -1.07. The van der Waals surface area contributed by atoms with Crippen LogP contribution in [0.1, 0.15) is 34.1 Å². The number of aliphatic carboxylic acids is 1. The highest BCUT2D eigenvalue weighted by Crippen LogP contribution is 2.30. The van der Waals surface area contributed by atoms with Gasteiger partial charge in [0.1, 0.15) is 6.04 Å². The highest BCUT2D eigenvalue weighted by Gasteiger charge is 2.44. The SMILES string of the molecule is CC(=O)N[C@@H](CSC1CC(=O)N(C(C)(C)C)C1=O)C(=O)O. The van der Waals surface area contributed by atoms with Crippen molar-refractivity contribution in [2.24, 2.45) is 0 Å². The molecule has 0 saturated carbocycles. The zero-order chi connectivity index (χ0) is 16.4. The summed E-state index contributed by atoms with van der Waals surface area (Å²) in [6.07, 6.45) is 0.0627. The fourth-order valence-electron chi connectivity index (χ4n) is 2.07. The third-order valence-electron chi connectivity index (χ3n) is 2.92. The molecule has 1 unspecified atom stereocenters. The van der Waals surface area contributed by atoms with Gasteiger partial charge in [0.2, 0.25) is 17.7 Å². The first-order chi connectivity index (χ1) is 9.54. The number of rotatable bonds is 5. The fraction of sp³-hybridized carbons (Fsp3) is 0.692. The quantitative estimate of drug-likeness (QED) is 0.704. The molecule has 0 radical (unpaired) electrons. The lowest BCUT2D eigenvalue weighted by Gasteiger charge is -2.30. The van der Waals surface area contributed by atoms with Crippen molar-refractivity contribution in [3.05, 3.63) is 0 Å². The number of nitrogens with zero attached hydrogens (tertiary/aromatic N) is 1. The third-order valence-corrected chi connectivity index (χ3v) is 4.21. The molecule has 118 valence electrons. The molecule has 3 amide bonds. The van der Waals surface area contributed by atoms with Gasteiger partial charge in [0, 0.05) is 24.6 Å². The van der Waals surface area contributed by atoms with Crippen molar-refractivity contribution < 1.29 is 24.3 Å². The van der Waals surface area contributed by atoms with Crippen LogP contribution in [0.25, 0.3) is 0 Å². The van der Waals surface area contributed by atoms with Crippen molar-refractivity contribution in [3.8, 4) is 0 Å². The Morgan fingerprint density at radius 3 is 2.38 bits per heavy atom. The van der Waals surface area contributed by atoms with Gasteiger partial charge in [-0.25, -0.2) is 4.79 Å². The molecule has 0 aromatic carbocycles. The Hall–Kier alpha value is -1.57. The molecule has 1 rings (SSSR count). The first-order valence-corrected chi connectivity index (χ1v) is 7.57. The lowest BCUT2D eigenvalue weighted by Crippen LogP contribution is -2.46. The van der Waals surface area contributed by atoms with E-state index in [9.17, 15) is 19.2 Å². The fourth-order valence-corrected chi connectivity index (χ4v) is 3.23. The van der Waals surface area contributed by atoms with Gasteiger partial charge in [-0.05, 0) is 20.8 Å². The van der Waals surface area contributed by atoms with E-state index in [1.54, 1.807) is 20.8 Å². The largest absolute Gasteiger partial charge is 0.480 e. The van der Waals surface area contributed by atoms with Crippen molar-refractivity contribution in [2.75, 3.05) is 5.75 Å². The second-order valence-corrected chi connectivity index (χ2v) is 7.09. The first-order valence-electron chi connectivity index (χ1n) is 6.52. The topological polar surface area (TPSA) is 104 Å². The number of amides is 3. The number of imide groups is 1. The highest BCUT2D eigenvalue weighted by atomic mass is 32.2. The molecule has 2 atom stereocenters. The lowest BCUT2D eigenvalue weighted by molar-refractivity contribution is -0.143. The van der Waals surface area contributed by atoms with Crippen LogP contribution in [0, 0.1) is 0 Å². The molecule has 8 heteroatoms. The summed E-state index contributed by atoms with van der Waals surface area (Å²) in [5.41, 5.74) is -0.590. The van der Waals surface area contributed by atoms with Gasteiger partial charge in [0.05, 0.1) is 5.25 Å². The Labute approximate surface area is 127 Å². The van der Waals surface area contributed by atoms with Gasteiger partial charge in [0.15, 0.2) is 0 Å². The number of thioether (sulfide) groups is 1. The predicted octanol–water partition coefficient (Wildman–Crippen LogP) is 0.235. The van der Waals surface area contributed by atoms with E-state index >= 15 is 0 Å². The van der Waals surface area contributed by atoms with Crippen LogP contribution in [0.4, 0.5) is 0 Å². The number of carbonyl (C=O) groups is 4. The summed E-state index contributed by atoms with van der Waals surface area (Å²) in [5, 5.41) is 10.7. The van der Waals surface area contributed by atoms with E-state index in [0.29, 0.717) is 0 Å². The molecule has 1 aliphatic heterocycles. The minimum absolute atomic E-state index is 0.0383. The monoisotopic (exact) mass is 316 g/mol. The standard InChI is InChI=1S/C13H20N2O5S/c1-7(16)14-8(12(19)20)6-21-9-5-10(17)15(11(9)18)13(2,3)4/h8-9H,5-6H2,1-4H3,(H,14,16)(H,19,20)/t8-,9?/m0/s1. The van der Waals surface area contributed by atoms with Gasteiger partial charge in [-0.2, -0.15) is 0 Å². The molecule has 1 aliphatic rings. The summed E-state index contributed by atoms with van der Waals surface area (Å²) in [4.78, 5) is 47.3. The Balaban J connectivity index is 2.68. The van der Waals surface area contributed by atoms with Crippen LogP contribution in [-0.4, -0.2) is 56.3 Å². The molecular formula is C13H20N2O5S. The number of hydrogen-bond acceptors (Lipinski definition) is 5. The zero-order valence-electron chi connectivity index (χ0n) is 12.5. The smallest absolute Gasteiger partial charge is 0.327 e. The highest BCUT2D eigenvalue weighted by molar-refractivity contribution is 8.00. The molecular weight excluding hydrogens is 296 g/mol. The maximum absolute atomic E-state index is 12.2. The van der Waals surface area contributed by atoms with E-state index in [1.807, 2.05) is 0 Å². The van der Waals surface area contributed by atoms with Gasteiger partial charge in [-0.15, -0.1) is 11.8 Å². The van der Waals surface area contributed by atoms with E-state index in [1.165, 1.54) is 11.8 Å². The van der Waals surface area contributed by atoms with Crippen molar-refractivity contribution in [1.82, 2.24) is 10.2 Å². The maximum Gasteiger partial charge on any atom is 0.327 e. The zero-order valence-corrected chi connectivity index (χ0v) is 13.3. The average Bonchev–Trinajstić information content (AvgIpc) is 2.58. The lowest BCUT2D eigenvalue weighted by atomic mass is 10.1. The number of hydrogen-bond donors (Lipinski definition) is 2. The van der Waals surface area contributed by atoms with E-state index < -0.39 is 28.7 Å². The third kappa shape index (κ3) is 4.45. The number of carbonyl (C=O) groups excluding carboxylic acids is 3. The van der Waals surface area contributed by atoms with Gasteiger partial charge in [-0.3, -0.25) is 19.3 Å². The van der Waals surface area contributed by atoms with Crippen LogP contribution in [0.2, 0.25) is 0 Å². The Morgan fingerprint density at radius 1 is 1.43 bits per heavy atom. The molecule has 2 N–H and O–H groups in total. The van der Waals surface area contributed by atoms with Crippen LogP contribution in [0.3, 0.4) is 0 Å². The summed E-state index contributed by atoms with van der Waals surface area (Å²) in [7, 11) is 0. The van der Waals surface area contributed by atoms with Crippen LogP contribution in [-0.2, 0) is 19.2 Å². The van der Waals surface area contributed by atoms with Crippen molar-refractivity contribution in [1.29, 1.82) is 0 Å². The number of carboxylic acid groups (broad SMARTS) is 1. The summed E-state index contributed by atoms with van der Waals surface area (Å²) >= 11 is 1.09. The van der Waals surface area contributed by atoms with Gasteiger partial charge in [-0.1, -0.05) is 0 Å². The van der Waals surface area contributed by atoms with Crippen LogP contribution in [0.5, 0.6) is 0 Å². The number of nitrogens with one attached hydrogen (secondary N) is 1. The van der Waals surface area contributed by atoms with Crippen LogP contribution < -0.4 is 5.32 Å². The van der Waals surface area contributed by atoms with Gasteiger partial charge < -0.3 is 10.4 Å². The molecule has 0 aromatic rings. The molecule has 0 aliphatic carbocycles. The van der Waals surface area contributed by atoms with E-state index in [4.69, 9.17) is 5.11 Å². The summed E-state index contributed by atoms with van der Waals surface area (Å²) < 4.78 is 0. The minimum Gasteiger partial charge on any atom is -0.480 e. The number of likely N-dealkylation sites (tertiary alicyclic amines) is 1. The molecule has 0 bridgehead atoms. The molecule has 0 aromatic heterocycles.